The fourth-order valence-electron chi connectivity index (χ4n) is 0.0536. The van der Waals surface area contributed by atoms with Crippen molar-refractivity contribution in [1.82, 2.24) is 4.84 Å². The molecule has 0 bridgehead atoms. The summed E-state index contributed by atoms with van der Waals surface area (Å²) < 4.78 is 32.9. The van der Waals surface area contributed by atoms with Crippen LogP contribution in [0.3, 0.4) is 0 Å². The summed E-state index contributed by atoms with van der Waals surface area (Å²) in [5.41, 5.74) is 0. The van der Waals surface area contributed by atoms with E-state index in [0.717, 1.165) is 4.84 Å². The first kappa shape index (κ1) is 11.7. The molecule has 0 saturated carbocycles. The van der Waals surface area contributed by atoms with Crippen molar-refractivity contribution in [3.63, 3.8) is 0 Å². The highest BCUT2D eigenvalue weighted by Gasteiger charge is 2.38. The Morgan fingerprint density at radius 2 is 1.78 bits per heavy atom. The van der Waals surface area contributed by atoms with Crippen molar-refractivity contribution < 1.29 is 18.0 Å². The average molecular weight is 183 g/mol. The summed E-state index contributed by atoms with van der Waals surface area (Å²) in [6.45, 7) is 0. The predicted molar refractivity (Wildman–Crippen MR) is 31.6 cm³/mol. The van der Waals surface area contributed by atoms with Gasteiger partial charge in [0.2, 0.25) is 0 Å². The van der Waals surface area contributed by atoms with E-state index in [1.54, 1.807) is 0 Å². The molecule has 0 saturated heterocycles. The lowest BCUT2D eigenvalue weighted by atomic mass is 10.6. The monoisotopic (exact) mass is 182 g/mol. The number of hydrogen-bond donors (Lipinski definition) is 1. The molecule has 0 radical (unpaired) electrons. The van der Waals surface area contributed by atoms with Crippen LogP contribution in [0.5, 0.6) is 0 Å². The summed E-state index contributed by atoms with van der Waals surface area (Å²) in [7, 11) is 0. The zero-order valence-electron chi connectivity index (χ0n) is 4.00. The van der Waals surface area contributed by atoms with Crippen LogP contribution in [0.15, 0.2) is 0 Å². The van der Waals surface area contributed by atoms with E-state index in [1.807, 2.05) is 0 Å². The number of carbonyl (C=O) groups excluding carboxylic acids is 1. The molecule has 0 aliphatic heterocycles. The second kappa shape index (κ2) is 3.84. The minimum absolute atomic E-state index is 0. The van der Waals surface area contributed by atoms with Crippen LogP contribution in [0.1, 0.15) is 0 Å². The van der Waals surface area contributed by atoms with E-state index in [0.29, 0.717) is 0 Å². The highest BCUT2D eigenvalue weighted by molar-refractivity contribution is 7.37. The Morgan fingerprint density at radius 3 is 1.78 bits per heavy atom. The fourth-order valence-corrected chi connectivity index (χ4v) is 0.161. The van der Waals surface area contributed by atoms with Gasteiger partial charge in [-0.05, 0) is 0 Å². The van der Waals surface area contributed by atoms with Gasteiger partial charge in [-0.3, -0.25) is 9.63 Å². The third kappa shape index (κ3) is 4.41. The predicted octanol–water partition coefficient (Wildman–Crippen LogP) is 0.0132. The Hall–Kier alpha value is -0.100. The van der Waals surface area contributed by atoms with Crippen molar-refractivity contribution in [2.24, 2.45) is 0 Å². The second-order valence-electron chi connectivity index (χ2n) is 0.921. The van der Waals surface area contributed by atoms with Crippen LogP contribution in [0.4, 0.5) is 13.2 Å². The van der Waals surface area contributed by atoms with Crippen molar-refractivity contribution in [3.05, 3.63) is 0 Å². The molecule has 1 N–H and O–H groups in total. The quantitative estimate of drug-likeness (QED) is 0.415. The highest BCUT2D eigenvalue weighted by Crippen LogP contribution is 2.13. The van der Waals surface area contributed by atoms with Gasteiger partial charge in [0.25, 0.3) is 0 Å². The molecule has 0 unspecified atom stereocenters. The van der Waals surface area contributed by atoms with Gasteiger partial charge in [0, 0.05) is 11.8 Å². The van der Waals surface area contributed by atoms with Gasteiger partial charge < -0.3 is 0 Å². The molecule has 0 rings (SSSR count). The summed E-state index contributed by atoms with van der Waals surface area (Å²) in [5, 5.41) is 0. The van der Waals surface area contributed by atoms with Gasteiger partial charge in [-0.25, -0.2) is 0 Å². The summed E-state index contributed by atoms with van der Waals surface area (Å²) in [5.74, 6) is -2.15. The zero-order valence-corrected chi connectivity index (χ0v) is 5.91. The minimum atomic E-state index is -4.87. The van der Waals surface area contributed by atoms with Crippen LogP contribution in [0, 0.1) is 0 Å². The van der Waals surface area contributed by atoms with Crippen LogP contribution < -0.4 is 4.84 Å². The van der Waals surface area contributed by atoms with Gasteiger partial charge in [0.1, 0.15) is 0 Å². The standard InChI is InChI=1S/C2HClF3NO.H2S/c3-7-1(8)2(4,5)6;/h(H,7,8);1H2/p+1. The number of nitrogens with one attached hydrogen (secondary N) is 1. The summed E-state index contributed by atoms with van der Waals surface area (Å²) in [4.78, 5) is 10.4. The number of halogens is 4. The van der Waals surface area contributed by atoms with Gasteiger partial charge >= 0.3 is 12.1 Å². The van der Waals surface area contributed by atoms with Crippen LogP contribution >= 0.6 is 11.8 Å². The Kier molecular flexibility index (Phi) is 4.97. The molecule has 56 valence electrons. The maximum absolute atomic E-state index is 11.0. The Labute approximate surface area is 60.9 Å². The van der Waals surface area contributed by atoms with E-state index in [9.17, 15) is 18.0 Å². The minimum Gasteiger partial charge on any atom is -0.263 e. The molecule has 0 aromatic rings. The van der Waals surface area contributed by atoms with E-state index in [2.05, 4.69) is 11.8 Å². The van der Waals surface area contributed by atoms with Crippen molar-refractivity contribution in [1.29, 1.82) is 0 Å². The third-order valence-corrected chi connectivity index (χ3v) is 0.515. The molecule has 1 amide bonds. The zero-order chi connectivity index (χ0) is 6.78. The summed E-state index contributed by atoms with van der Waals surface area (Å²) >= 11 is 4.32. The Balaban J connectivity index is 0. The lowest BCUT2D eigenvalue weighted by molar-refractivity contribution is -0.171. The van der Waals surface area contributed by atoms with E-state index in [-0.39, 0.29) is 13.5 Å². The molecule has 0 atom stereocenters. The first-order chi connectivity index (χ1) is 3.48. The molecule has 0 fully saturated rings. The SMILES string of the molecule is O=C(NCl)C(F)(F)F.[SH3+]. The Bertz CT molecular complexity index is 104. The van der Waals surface area contributed by atoms with E-state index in [4.69, 9.17) is 0 Å². The number of hydrogen-bond acceptors (Lipinski definition) is 1. The molecular formula is C2H4ClF3NOS+. The van der Waals surface area contributed by atoms with E-state index in [1.165, 1.54) is 0 Å². The summed E-state index contributed by atoms with van der Waals surface area (Å²) in [6.07, 6.45) is -4.87. The third-order valence-electron chi connectivity index (χ3n) is 0.343. The van der Waals surface area contributed by atoms with Gasteiger partial charge in [0.15, 0.2) is 0 Å². The maximum atomic E-state index is 11.0. The lowest BCUT2D eigenvalue weighted by Gasteiger charge is -1.99. The van der Waals surface area contributed by atoms with Crippen LogP contribution in [0.25, 0.3) is 0 Å². The molecule has 0 aromatic carbocycles. The first-order valence-electron chi connectivity index (χ1n) is 1.46. The van der Waals surface area contributed by atoms with Crippen molar-refractivity contribution in [2.75, 3.05) is 0 Å². The molecule has 0 aliphatic carbocycles. The smallest absolute Gasteiger partial charge is 0.263 e. The molecule has 0 aliphatic rings. The van der Waals surface area contributed by atoms with Crippen LogP contribution in [-0.4, -0.2) is 12.1 Å². The molecule has 0 heterocycles. The normalized spacial score (nSPS) is 9.78. The van der Waals surface area contributed by atoms with Gasteiger partial charge in [0.05, 0.1) is 0 Å². The van der Waals surface area contributed by atoms with Crippen molar-refractivity contribution >= 4 is 31.2 Å². The van der Waals surface area contributed by atoms with E-state index < -0.39 is 12.1 Å². The molecule has 7 heteroatoms. The van der Waals surface area contributed by atoms with Crippen LogP contribution in [-0.2, 0) is 18.3 Å². The number of rotatable bonds is 0. The molecule has 0 spiro atoms. The molecular weight excluding hydrogens is 179 g/mol. The first-order valence-corrected chi connectivity index (χ1v) is 1.84. The number of amides is 1. The lowest BCUT2D eigenvalue weighted by Crippen LogP contribution is -2.30. The molecule has 9 heavy (non-hydrogen) atoms. The largest absolute Gasteiger partial charge is 0.472 e. The Morgan fingerprint density at radius 1 is 1.44 bits per heavy atom. The summed E-state index contributed by atoms with van der Waals surface area (Å²) in [6, 6.07) is 0. The van der Waals surface area contributed by atoms with Gasteiger partial charge in [-0.1, -0.05) is 13.5 Å². The average Bonchev–Trinajstić information content (AvgIpc) is 1.62. The number of carbonyl (C=O) groups is 1. The number of alkyl halides is 3. The van der Waals surface area contributed by atoms with Gasteiger partial charge in [-0.2, -0.15) is 13.2 Å². The highest BCUT2D eigenvalue weighted by atomic mass is 35.5. The van der Waals surface area contributed by atoms with Crippen molar-refractivity contribution in [2.45, 2.75) is 6.18 Å². The van der Waals surface area contributed by atoms with Crippen molar-refractivity contribution in [3.8, 4) is 0 Å². The topological polar surface area (TPSA) is 29.1 Å². The molecule has 0 aromatic heterocycles. The van der Waals surface area contributed by atoms with E-state index >= 15 is 0 Å². The fraction of sp³-hybridized carbons (Fsp3) is 0.500. The second-order valence-corrected chi connectivity index (χ2v) is 1.11. The maximum Gasteiger partial charge on any atom is 0.472 e. The van der Waals surface area contributed by atoms with Gasteiger partial charge in [-0.15, -0.1) is 0 Å². The van der Waals surface area contributed by atoms with Crippen LogP contribution in [0.2, 0.25) is 0 Å². The molecule has 2 nitrogen and oxygen atoms in total.